The Morgan fingerprint density at radius 1 is 0.758 bits per heavy atom. The van der Waals surface area contributed by atoms with E-state index in [0.717, 1.165) is 27.3 Å². The second-order valence-electron chi connectivity index (χ2n) is 7.59. The highest BCUT2D eigenvalue weighted by molar-refractivity contribution is 7.13. The molecule has 1 amide bonds. The molecule has 2 heterocycles. The van der Waals surface area contributed by atoms with Gasteiger partial charge in [-0.2, -0.15) is 4.99 Å². The third-order valence-electron chi connectivity index (χ3n) is 5.44. The molecule has 0 spiro atoms. The largest absolute Gasteiger partial charge is 0.319 e. The van der Waals surface area contributed by atoms with Crippen molar-refractivity contribution in [3.63, 3.8) is 0 Å². The molecule has 0 N–H and O–H groups in total. The molecular formula is C28H21N3OS. The van der Waals surface area contributed by atoms with Gasteiger partial charge in [0.1, 0.15) is 0 Å². The molecule has 5 rings (SSSR count). The summed E-state index contributed by atoms with van der Waals surface area (Å²) in [4.78, 5) is 22.9. The predicted octanol–water partition coefficient (Wildman–Crippen LogP) is 6.22. The molecule has 33 heavy (non-hydrogen) atoms. The first-order chi connectivity index (χ1) is 16.2. The van der Waals surface area contributed by atoms with Crippen molar-refractivity contribution in [2.45, 2.75) is 0 Å². The summed E-state index contributed by atoms with van der Waals surface area (Å²) in [6.45, 7) is 0. The highest BCUT2D eigenvalue weighted by Gasteiger charge is 2.16. The molecule has 0 radical (unpaired) electrons. The zero-order valence-electron chi connectivity index (χ0n) is 18.1. The Labute approximate surface area is 196 Å². The van der Waals surface area contributed by atoms with Gasteiger partial charge in [0.05, 0.1) is 16.1 Å². The third kappa shape index (κ3) is 4.31. The molecule has 4 nitrogen and oxygen atoms in total. The van der Waals surface area contributed by atoms with Crippen LogP contribution >= 0.6 is 11.3 Å². The molecule has 0 saturated carbocycles. The van der Waals surface area contributed by atoms with Crippen molar-refractivity contribution in [3.8, 4) is 32.8 Å². The van der Waals surface area contributed by atoms with Crippen LogP contribution in [0.3, 0.4) is 0 Å². The fourth-order valence-electron chi connectivity index (χ4n) is 3.76. The summed E-state index contributed by atoms with van der Waals surface area (Å²) >= 11 is 1.51. The lowest BCUT2D eigenvalue weighted by Crippen LogP contribution is -2.14. The average molecular weight is 448 g/mol. The predicted molar refractivity (Wildman–Crippen MR) is 134 cm³/mol. The van der Waals surface area contributed by atoms with Crippen molar-refractivity contribution in [2.24, 2.45) is 12.0 Å². The molecule has 5 heteroatoms. The lowest BCUT2D eigenvalue weighted by atomic mass is 10.0. The third-order valence-corrected chi connectivity index (χ3v) is 6.62. The Hall–Kier alpha value is -4.09. The highest BCUT2D eigenvalue weighted by Crippen LogP contribution is 2.35. The molecule has 5 aromatic rings. The molecular weight excluding hydrogens is 426 g/mol. The zero-order chi connectivity index (χ0) is 22.6. The van der Waals surface area contributed by atoms with Gasteiger partial charge in [-0.05, 0) is 34.4 Å². The Kier molecular flexibility index (Phi) is 5.79. The van der Waals surface area contributed by atoms with Gasteiger partial charge in [-0.15, -0.1) is 0 Å². The number of aromatic nitrogens is 2. The van der Waals surface area contributed by atoms with Crippen LogP contribution < -0.4 is 4.80 Å². The first-order valence-electron chi connectivity index (χ1n) is 10.6. The van der Waals surface area contributed by atoms with Gasteiger partial charge in [-0.3, -0.25) is 9.78 Å². The molecule has 0 aliphatic heterocycles. The summed E-state index contributed by atoms with van der Waals surface area (Å²) in [7, 11) is 1.96. The van der Waals surface area contributed by atoms with Crippen LogP contribution in [0.5, 0.6) is 0 Å². The van der Waals surface area contributed by atoms with Crippen LogP contribution in [0.15, 0.2) is 114 Å². The van der Waals surface area contributed by atoms with E-state index < -0.39 is 0 Å². The molecule has 0 aliphatic rings. The minimum Gasteiger partial charge on any atom is -0.319 e. The van der Waals surface area contributed by atoms with Crippen LogP contribution in [0, 0.1) is 0 Å². The van der Waals surface area contributed by atoms with E-state index in [0.29, 0.717) is 10.4 Å². The Morgan fingerprint density at radius 3 is 2.00 bits per heavy atom. The standard InChI is InChI=1S/C28H21N3OS/c1-31-25(22-16-14-21(15-17-22)20-9-4-2-5-10-20)26(23-11-6-3-7-12-23)33-28(31)30-27(32)24-13-8-18-29-19-24/h2-19H,1H3. The maximum Gasteiger partial charge on any atom is 0.281 e. The van der Waals surface area contributed by atoms with Crippen LogP contribution in [0.4, 0.5) is 0 Å². The number of hydrogen-bond acceptors (Lipinski definition) is 3. The molecule has 0 atom stereocenters. The molecule has 0 bridgehead atoms. The van der Waals surface area contributed by atoms with E-state index in [4.69, 9.17) is 0 Å². The lowest BCUT2D eigenvalue weighted by molar-refractivity contribution is 0.0997. The number of rotatable bonds is 4. The average Bonchev–Trinajstić information content (AvgIpc) is 3.21. The second kappa shape index (κ2) is 9.18. The van der Waals surface area contributed by atoms with Crippen LogP contribution in [0.2, 0.25) is 0 Å². The smallest absolute Gasteiger partial charge is 0.281 e. The fourth-order valence-corrected chi connectivity index (χ4v) is 4.90. The van der Waals surface area contributed by atoms with Crippen molar-refractivity contribution in [2.75, 3.05) is 0 Å². The van der Waals surface area contributed by atoms with Crippen molar-refractivity contribution in [1.29, 1.82) is 0 Å². The van der Waals surface area contributed by atoms with Crippen LogP contribution in [0.1, 0.15) is 10.4 Å². The molecule has 0 fully saturated rings. The van der Waals surface area contributed by atoms with Crippen LogP contribution in [0.25, 0.3) is 32.8 Å². The fraction of sp³-hybridized carbons (Fsp3) is 0.0357. The van der Waals surface area contributed by atoms with Crippen molar-refractivity contribution in [1.82, 2.24) is 9.55 Å². The number of carbonyl (C=O) groups excluding carboxylic acids is 1. The van der Waals surface area contributed by atoms with Crippen LogP contribution in [-0.2, 0) is 7.05 Å². The normalized spacial score (nSPS) is 11.5. The van der Waals surface area contributed by atoms with E-state index in [1.165, 1.54) is 16.9 Å². The molecule has 2 aromatic heterocycles. The number of carbonyl (C=O) groups is 1. The quantitative estimate of drug-likeness (QED) is 0.328. The summed E-state index contributed by atoms with van der Waals surface area (Å²) in [6.07, 6.45) is 3.19. The SMILES string of the molecule is Cn1c(-c2ccc(-c3ccccc3)cc2)c(-c2ccccc2)sc1=NC(=O)c1cccnc1. The summed E-state index contributed by atoms with van der Waals surface area (Å²) in [5.74, 6) is -0.300. The molecule has 160 valence electrons. The van der Waals surface area contributed by atoms with E-state index >= 15 is 0 Å². The number of amides is 1. The minimum absolute atomic E-state index is 0.300. The van der Waals surface area contributed by atoms with Crippen molar-refractivity contribution >= 4 is 17.2 Å². The Balaban J connectivity index is 1.63. The highest BCUT2D eigenvalue weighted by atomic mass is 32.1. The Bertz CT molecular complexity index is 1450. The monoisotopic (exact) mass is 447 g/mol. The first-order valence-corrected chi connectivity index (χ1v) is 11.4. The molecule has 0 aliphatic carbocycles. The van der Waals surface area contributed by atoms with Gasteiger partial charge in [0, 0.05) is 19.4 Å². The summed E-state index contributed by atoms with van der Waals surface area (Å²) in [5, 5.41) is 0. The number of thiazole rings is 1. The van der Waals surface area contributed by atoms with Gasteiger partial charge in [-0.25, -0.2) is 0 Å². The van der Waals surface area contributed by atoms with Crippen molar-refractivity contribution < 1.29 is 4.79 Å². The maximum absolute atomic E-state index is 12.7. The van der Waals surface area contributed by atoms with E-state index in [1.54, 1.807) is 24.5 Å². The summed E-state index contributed by atoms with van der Waals surface area (Å²) < 4.78 is 2.00. The Morgan fingerprint density at radius 2 is 1.36 bits per heavy atom. The summed E-state index contributed by atoms with van der Waals surface area (Å²) in [6, 6.07) is 32.5. The minimum atomic E-state index is -0.300. The van der Waals surface area contributed by atoms with Gasteiger partial charge in [0.25, 0.3) is 5.91 Å². The van der Waals surface area contributed by atoms with E-state index in [2.05, 4.69) is 58.5 Å². The second-order valence-corrected chi connectivity index (χ2v) is 8.57. The van der Waals surface area contributed by atoms with Gasteiger partial charge in [-0.1, -0.05) is 96.3 Å². The zero-order valence-corrected chi connectivity index (χ0v) is 18.9. The van der Waals surface area contributed by atoms with E-state index in [9.17, 15) is 4.79 Å². The molecule has 3 aromatic carbocycles. The first kappa shape index (κ1) is 20.8. The van der Waals surface area contributed by atoms with Crippen LogP contribution in [-0.4, -0.2) is 15.5 Å². The molecule has 0 unspecified atom stereocenters. The maximum atomic E-state index is 12.7. The van der Waals surface area contributed by atoms with Gasteiger partial charge in [0.2, 0.25) is 0 Å². The van der Waals surface area contributed by atoms with E-state index in [1.807, 2.05) is 48.0 Å². The van der Waals surface area contributed by atoms with Crippen molar-refractivity contribution in [3.05, 3.63) is 120 Å². The lowest BCUT2D eigenvalue weighted by Gasteiger charge is -2.09. The number of benzene rings is 3. The number of pyridine rings is 1. The molecule has 0 saturated heterocycles. The summed E-state index contributed by atoms with van der Waals surface area (Å²) in [5.41, 5.74) is 6.01. The van der Waals surface area contributed by atoms with Gasteiger partial charge < -0.3 is 4.57 Å². The van der Waals surface area contributed by atoms with Gasteiger partial charge in [0.15, 0.2) is 4.80 Å². The van der Waals surface area contributed by atoms with Gasteiger partial charge >= 0.3 is 0 Å². The number of hydrogen-bond donors (Lipinski definition) is 0. The number of nitrogens with zero attached hydrogens (tertiary/aromatic N) is 3. The topological polar surface area (TPSA) is 47.2 Å². The van der Waals surface area contributed by atoms with E-state index in [-0.39, 0.29) is 5.91 Å².